The second-order valence-corrected chi connectivity index (χ2v) is 4.99. The van der Waals surface area contributed by atoms with E-state index in [4.69, 9.17) is 22.1 Å². The SMILES string of the molecule is COCCN(C)CCn1c(N)nc2ccc(Cl)cc21. The molecule has 0 radical (unpaired) electrons. The van der Waals surface area contributed by atoms with Crippen LogP contribution in [0.1, 0.15) is 0 Å². The summed E-state index contributed by atoms with van der Waals surface area (Å²) in [6.45, 7) is 3.28. The molecule has 5 nitrogen and oxygen atoms in total. The number of fused-ring (bicyclic) bond motifs is 1. The van der Waals surface area contributed by atoms with Crippen LogP contribution in [0.15, 0.2) is 18.2 Å². The summed E-state index contributed by atoms with van der Waals surface area (Å²) in [5.41, 5.74) is 7.81. The number of rotatable bonds is 6. The minimum atomic E-state index is 0.525. The molecule has 0 atom stereocenters. The molecular formula is C13H19ClN4O. The standard InChI is InChI=1S/C13H19ClN4O/c1-17(7-8-19-2)5-6-18-12-9-10(14)3-4-11(12)16-13(18)15/h3-4,9H,5-8H2,1-2H3,(H2,15,16). The summed E-state index contributed by atoms with van der Waals surface area (Å²) in [4.78, 5) is 6.53. The highest BCUT2D eigenvalue weighted by molar-refractivity contribution is 6.31. The molecule has 6 heteroatoms. The molecule has 2 rings (SSSR count). The molecular weight excluding hydrogens is 264 g/mol. The fourth-order valence-corrected chi connectivity index (χ4v) is 2.15. The number of likely N-dealkylation sites (N-methyl/N-ethyl adjacent to an activating group) is 1. The van der Waals surface area contributed by atoms with Gasteiger partial charge in [0.05, 0.1) is 17.6 Å². The highest BCUT2D eigenvalue weighted by Gasteiger charge is 2.09. The zero-order valence-corrected chi connectivity index (χ0v) is 12.0. The molecule has 2 N–H and O–H groups in total. The predicted octanol–water partition coefficient (Wildman–Crippen LogP) is 1.85. The lowest BCUT2D eigenvalue weighted by Crippen LogP contribution is -2.27. The number of methoxy groups -OCH3 is 1. The first-order valence-corrected chi connectivity index (χ1v) is 6.58. The van der Waals surface area contributed by atoms with E-state index < -0.39 is 0 Å². The van der Waals surface area contributed by atoms with Crippen molar-refractivity contribution in [2.45, 2.75) is 6.54 Å². The van der Waals surface area contributed by atoms with E-state index in [-0.39, 0.29) is 0 Å². The van der Waals surface area contributed by atoms with Crippen molar-refractivity contribution in [3.8, 4) is 0 Å². The molecule has 0 aliphatic rings. The van der Waals surface area contributed by atoms with Crippen molar-refractivity contribution in [3.05, 3.63) is 23.2 Å². The fourth-order valence-electron chi connectivity index (χ4n) is 1.98. The van der Waals surface area contributed by atoms with Crippen LogP contribution in [0.4, 0.5) is 5.95 Å². The molecule has 0 aliphatic carbocycles. The van der Waals surface area contributed by atoms with Gasteiger partial charge in [-0.05, 0) is 25.2 Å². The van der Waals surface area contributed by atoms with E-state index in [0.717, 1.165) is 37.3 Å². The third-order valence-electron chi connectivity index (χ3n) is 3.12. The number of aromatic nitrogens is 2. The normalized spacial score (nSPS) is 11.6. The molecule has 1 aromatic carbocycles. The van der Waals surface area contributed by atoms with E-state index in [9.17, 15) is 0 Å². The van der Waals surface area contributed by atoms with Crippen LogP contribution in [0.2, 0.25) is 5.02 Å². The van der Waals surface area contributed by atoms with Crippen LogP contribution in [0, 0.1) is 0 Å². The first-order chi connectivity index (χ1) is 9.11. The maximum absolute atomic E-state index is 6.02. The van der Waals surface area contributed by atoms with Gasteiger partial charge in [0.2, 0.25) is 5.95 Å². The molecule has 0 fully saturated rings. The fraction of sp³-hybridized carbons (Fsp3) is 0.462. The highest BCUT2D eigenvalue weighted by atomic mass is 35.5. The molecule has 0 aliphatic heterocycles. The van der Waals surface area contributed by atoms with Crippen LogP contribution in [0.5, 0.6) is 0 Å². The average molecular weight is 283 g/mol. The quantitative estimate of drug-likeness (QED) is 0.878. The molecule has 1 heterocycles. The van der Waals surface area contributed by atoms with Gasteiger partial charge in [0.15, 0.2) is 0 Å². The topological polar surface area (TPSA) is 56.3 Å². The number of hydrogen-bond acceptors (Lipinski definition) is 4. The zero-order valence-electron chi connectivity index (χ0n) is 11.3. The van der Waals surface area contributed by atoms with Crippen molar-refractivity contribution >= 4 is 28.6 Å². The number of halogens is 1. The first-order valence-electron chi connectivity index (χ1n) is 6.20. The molecule has 1 aromatic heterocycles. The van der Waals surface area contributed by atoms with Crippen molar-refractivity contribution < 1.29 is 4.74 Å². The number of imidazole rings is 1. The average Bonchev–Trinajstić information content (AvgIpc) is 2.69. The number of hydrogen-bond donors (Lipinski definition) is 1. The zero-order chi connectivity index (χ0) is 13.8. The van der Waals surface area contributed by atoms with Crippen LogP contribution in [0.3, 0.4) is 0 Å². The van der Waals surface area contributed by atoms with E-state index in [1.165, 1.54) is 0 Å². The van der Waals surface area contributed by atoms with Gasteiger partial charge in [-0.15, -0.1) is 0 Å². The minimum Gasteiger partial charge on any atom is -0.383 e. The third-order valence-corrected chi connectivity index (χ3v) is 3.36. The van der Waals surface area contributed by atoms with Gasteiger partial charge >= 0.3 is 0 Å². The van der Waals surface area contributed by atoms with Gasteiger partial charge in [0, 0.05) is 31.8 Å². The number of nitrogens with zero attached hydrogens (tertiary/aromatic N) is 3. The van der Waals surface area contributed by atoms with E-state index in [1.54, 1.807) is 7.11 Å². The van der Waals surface area contributed by atoms with Crippen molar-refractivity contribution in [2.24, 2.45) is 0 Å². The Morgan fingerprint density at radius 2 is 2.21 bits per heavy atom. The summed E-state index contributed by atoms with van der Waals surface area (Å²) in [6.07, 6.45) is 0. The third kappa shape index (κ3) is 3.37. The number of nitrogens with two attached hydrogens (primary N) is 1. The van der Waals surface area contributed by atoms with E-state index in [1.807, 2.05) is 22.8 Å². The molecule has 0 unspecified atom stereocenters. The van der Waals surface area contributed by atoms with E-state index in [0.29, 0.717) is 11.0 Å². The number of nitrogen functional groups attached to an aromatic ring is 1. The molecule has 0 saturated heterocycles. The van der Waals surface area contributed by atoms with Crippen molar-refractivity contribution in [1.29, 1.82) is 0 Å². The Hall–Kier alpha value is -1.30. The first kappa shape index (κ1) is 14.1. The van der Waals surface area contributed by atoms with Crippen molar-refractivity contribution in [3.63, 3.8) is 0 Å². The highest BCUT2D eigenvalue weighted by Crippen LogP contribution is 2.21. The van der Waals surface area contributed by atoms with Gasteiger partial charge in [-0.3, -0.25) is 0 Å². The van der Waals surface area contributed by atoms with Crippen molar-refractivity contribution in [2.75, 3.05) is 39.6 Å². The maximum Gasteiger partial charge on any atom is 0.201 e. The van der Waals surface area contributed by atoms with Gasteiger partial charge in [0.1, 0.15) is 0 Å². The summed E-state index contributed by atoms with van der Waals surface area (Å²) < 4.78 is 7.05. The largest absolute Gasteiger partial charge is 0.383 e. The predicted molar refractivity (Wildman–Crippen MR) is 78.5 cm³/mol. The lowest BCUT2D eigenvalue weighted by Gasteiger charge is -2.17. The summed E-state index contributed by atoms with van der Waals surface area (Å²) in [5.74, 6) is 0.525. The van der Waals surface area contributed by atoms with E-state index >= 15 is 0 Å². The van der Waals surface area contributed by atoms with Crippen LogP contribution in [0.25, 0.3) is 11.0 Å². The maximum atomic E-state index is 6.02. The molecule has 0 bridgehead atoms. The van der Waals surface area contributed by atoms with Crippen LogP contribution < -0.4 is 5.73 Å². The molecule has 2 aromatic rings. The second kappa shape index (κ2) is 6.23. The van der Waals surface area contributed by atoms with Crippen LogP contribution in [-0.4, -0.2) is 48.3 Å². The molecule has 0 amide bonds. The Bertz CT molecular complexity index is 555. The summed E-state index contributed by atoms with van der Waals surface area (Å²) in [5, 5.41) is 0.696. The summed E-state index contributed by atoms with van der Waals surface area (Å²) >= 11 is 6.02. The smallest absolute Gasteiger partial charge is 0.201 e. The second-order valence-electron chi connectivity index (χ2n) is 4.55. The lowest BCUT2D eigenvalue weighted by molar-refractivity contribution is 0.159. The Kier molecular flexibility index (Phi) is 4.63. The van der Waals surface area contributed by atoms with Gasteiger partial charge in [-0.25, -0.2) is 4.98 Å². The Balaban J connectivity index is 2.11. The van der Waals surface area contributed by atoms with Crippen molar-refractivity contribution in [1.82, 2.24) is 14.5 Å². The Morgan fingerprint density at radius 1 is 1.42 bits per heavy atom. The van der Waals surface area contributed by atoms with E-state index in [2.05, 4.69) is 16.9 Å². The Labute approximate surface area is 117 Å². The molecule has 19 heavy (non-hydrogen) atoms. The molecule has 0 saturated carbocycles. The molecule has 0 spiro atoms. The van der Waals surface area contributed by atoms with Crippen LogP contribution >= 0.6 is 11.6 Å². The van der Waals surface area contributed by atoms with Crippen LogP contribution in [-0.2, 0) is 11.3 Å². The van der Waals surface area contributed by atoms with Gasteiger partial charge < -0.3 is 19.9 Å². The minimum absolute atomic E-state index is 0.525. The number of ether oxygens (including phenoxy) is 1. The van der Waals surface area contributed by atoms with Gasteiger partial charge in [-0.1, -0.05) is 11.6 Å². The number of anilines is 1. The molecule has 104 valence electrons. The monoisotopic (exact) mass is 282 g/mol. The summed E-state index contributed by atoms with van der Waals surface area (Å²) in [7, 11) is 3.76. The van der Waals surface area contributed by atoms with Gasteiger partial charge in [-0.2, -0.15) is 0 Å². The number of benzene rings is 1. The lowest BCUT2D eigenvalue weighted by atomic mass is 10.3. The van der Waals surface area contributed by atoms with Gasteiger partial charge in [0.25, 0.3) is 0 Å². The summed E-state index contributed by atoms with van der Waals surface area (Å²) in [6, 6.07) is 5.61. The Morgan fingerprint density at radius 3 is 2.95 bits per heavy atom.